The molecular formula is C12H9ClFN3O2. The minimum absolute atomic E-state index is 0.0678. The van der Waals surface area contributed by atoms with Crippen LogP contribution in [0, 0.1) is 15.9 Å². The molecule has 0 aliphatic carbocycles. The first-order valence-electron chi connectivity index (χ1n) is 5.31. The van der Waals surface area contributed by atoms with Gasteiger partial charge in [-0.2, -0.15) is 0 Å². The molecule has 0 radical (unpaired) electrons. The lowest BCUT2D eigenvalue weighted by molar-refractivity contribution is -0.384. The molecule has 98 valence electrons. The van der Waals surface area contributed by atoms with Crippen LogP contribution in [-0.2, 0) is 0 Å². The number of nitro groups is 1. The van der Waals surface area contributed by atoms with E-state index in [4.69, 9.17) is 11.6 Å². The van der Waals surface area contributed by atoms with Gasteiger partial charge in [-0.05, 0) is 24.3 Å². The SMILES string of the molecule is CNc1ccc([N+](=O)[O-])c(-c2cc(F)cc(Cl)c2)n1. The van der Waals surface area contributed by atoms with Gasteiger partial charge in [0.25, 0.3) is 5.69 Å². The summed E-state index contributed by atoms with van der Waals surface area (Å²) < 4.78 is 13.3. The molecule has 1 N–H and O–H groups in total. The second-order valence-corrected chi connectivity index (χ2v) is 4.17. The van der Waals surface area contributed by atoms with Crippen LogP contribution >= 0.6 is 11.6 Å². The van der Waals surface area contributed by atoms with Gasteiger partial charge in [-0.25, -0.2) is 9.37 Å². The van der Waals surface area contributed by atoms with E-state index in [-0.39, 0.29) is 22.0 Å². The van der Waals surface area contributed by atoms with Gasteiger partial charge in [-0.3, -0.25) is 10.1 Å². The largest absolute Gasteiger partial charge is 0.373 e. The topological polar surface area (TPSA) is 68.1 Å². The number of nitrogens with zero attached hydrogens (tertiary/aromatic N) is 2. The van der Waals surface area contributed by atoms with Crippen molar-refractivity contribution in [3.8, 4) is 11.3 Å². The number of rotatable bonds is 3. The maximum absolute atomic E-state index is 13.3. The number of hydrogen-bond acceptors (Lipinski definition) is 4. The van der Waals surface area contributed by atoms with Crippen molar-refractivity contribution in [3.63, 3.8) is 0 Å². The van der Waals surface area contributed by atoms with Gasteiger partial charge in [0, 0.05) is 23.7 Å². The van der Waals surface area contributed by atoms with Crippen LogP contribution in [0.3, 0.4) is 0 Å². The van der Waals surface area contributed by atoms with E-state index >= 15 is 0 Å². The van der Waals surface area contributed by atoms with Crippen LogP contribution in [0.25, 0.3) is 11.3 Å². The average Bonchev–Trinajstić information content (AvgIpc) is 2.36. The van der Waals surface area contributed by atoms with Gasteiger partial charge >= 0.3 is 0 Å². The van der Waals surface area contributed by atoms with Crippen LogP contribution in [-0.4, -0.2) is 17.0 Å². The van der Waals surface area contributed by atoms with Gasteiger partial charge in [0.15, 0.2) is 5.69 Å². The zero-order valence-corrected chi connectivity index (χ0v) is 10.6. The van der Waals surface area contributed by atoms with Crippen molar-refractivity contribution in [1.29, 1.82) is 0 Å². The summed E-state index contributed by atoms with van der Waals surface area (Å²) >= 11 is 5.75. The highest BCUT2D eigenvalue weighted by Gasteiger charge is 2.18. The van der Waals surface area contributed by atoms with E-state index in [0.717, 1.165) is 12.1 Å². The second-order valence-electron chi connectivity index (χ2n) is 3.73. The normalized spacial score (nSPS) is 10.3. The molecule has 1 aromatic carbocycles. The maximum atomic E-state index is 13.3. The Bertz CT molecular complexity index is 629. The molecule has 1 heterocycles. The number of hydrogen-bond donors (Lipinski definition) is 1. The zero-order valence-electron chi connectivity index (χ0n) is 9.85. The fourth-order valence-electron chi connectivity index (χ4n) is 1.64. The Morgan fingerprint density at radius 3 is 2.68 bits per heavy atom. The van der Waals surface area contributed by atoms with Gasteiger partial charge < -0.3 is 5.32 Å². The molecule has 7 heteroatoms. The Labute approximate surface area is 113 Å². The molecule has 2 rings (SSSR count). The van der Waals surface area contributed by atoms with Gasteiger partial charge in [-0.15, -0.1) is 0 Å². The van der Waals surface area contributed by atoms with Crippen molar-refractivity contribution in [2.24, 2.45) is 0 Å². The van der Waals surface area contributed by atoms with E-state index in [1.165, 1.54) is 18.2 Å². The Morgan fingerprint density at radius 1 is 1.37 bits per heavy atom. The molecule has 0 aliphatic rings. The number of benzene rings is 1. The van der Waals surface area contributed by atoms with Gasteiger partial charge in [0.1, 0.15) is 11.6 Å². The highest BCUT2D eigenvalue weighted by molar-refractivity contribution is 6.30. The third-order valence-electron chi connectivity index (χ3n) is 2.46. The third-order valence-corrected chi connectivity index (χ3v) is 2.68. The molecule has 19 heavy (non-hydrogen) atoms. The fraction of sp³-hybridized carbons (Fsp3) is 0.0833. The monoisotopic (exact) mass is 281 g/mol. The highest BCUT2D eigenvalue weighted by Crippen LogP contribution is 2.31. The summed E-state index contributed by atoms with van der Waals surface area (Å²) in [5.74, 6) is -0.130. The number of anilines is 1. The van der Waals surface area contributed by atoms with E-state index < -0.39 is 10.7 Å². The van der Waals surface area contributed by atoms with E-state index in [1.54, 1.807) is 7.05 Å². The molecule has 0 saturated heterocycles. The molecule has 0 saturated carbocycles. The quantitative estimate of drug-likeness (QED) is 0.691. The van der Waals surface area contributed by atoms with Crippen molar-refractivity contribution in [1.82, 2.24) is 4.98 Å². The lowest BCUT2D eigenvalue weighted by Gasteiger charge is -2.06. The summed E-state index contributed by atoms with van der Waals surface area (Å²) in [6, 6.07) is 6.49. The predicted molar refractivity (Wildman–Crippen MR) is 70.8 cm³/mol. The van der Waals surface area contributed by atoms with E-state index in [1.807, 2.05) is 0 Å². The average molecular weight is 282 g/mol. The summed E-state index contributed by atoms with van der Waals surface area (Å²) in [6.45, 7) is 0. The first-order chi connectivity index (χ1) is 9.01. The Kier molecular flexibility index (Phi) is 3.62. The first kappa shape index (κ1) is 13.2. The van der Waals surface area contributed by atoms with Crippen LogP contribution in [0.2, 0.25) is 5.02 Å². The summed E-state index contributed by atoms with van der Waals surface area (Å²) in [5, 5.41) is 13.9. The number of nitrogens with one attached hydrogen (secondary N) is 1. The van der Waals surface area contributed by atoms with Crippen LogP contribution in [0.4, 0.5) is 15.9 Å². The van der Waals surface area contributed by atoms with E-state index in [9.17, 15) is 14.5 Å². The molecule has 1 aromatic heterocycles. The predicted octanol–water partition coefficient (Wildman–Crippen LogP) is 3.49. The Hall–Kier alpha value is -2.21. The second kappa shape index (κ2) is 5.19. The standard InChI is InChI=1S/C12H9ClFN3O2/c1-15-11-3-2-10(17(18)19)12(16-11)7-4-8(13)6-9(14)5-7/h2-6H,1H3,(H,15,16). The van der Waals surface area contributed by atoms with Crippen molar-refractivity contribution >= 4 is 23.1 Å². The molecular weight excluding hydrogens is 273 g/mol. The van der Waals surface area contributed by atoms with Crippen LogP contribution in [0.1, 0.15) is 0 Å². The maximum Gasteiger partial charge on any atom is 0.295 e. The Balaban J connectivity index is 2.67. The molecule has 2 aromatic rings. The van der Waals surface area contributed by atoms with Gasteiger partial charge in [-0.1, -0.05) is 11.6 Å². The number of pyridine rings is 1. The van der Waals surface area contributed by atoms with Crippen molar-refractivity contribution in [3.05, 3.63) is 51.3 Å². The van der Waals surface area contributed by atoms with E-state index in [0.29, 0.717) is 5.82 Å². The summed E-state index contributed by atoms with van der Waals surface area (Å²) in [5.41, 5.74) is 0.118. The molecule has 5 nitrogen and oxygen atoms in total. The summed E-state index contributed by atoms with van der Waals surface area (Å²) in [4.78, 5) is 14.5. The number of halogens is 2. The fourth-order valence-corrected chi connectivity index (χ4v) is 1.86. The van der Waals surface area contributed by atoms with Crippen LogP contribution in [0.5, 0.6) is 0 Å². The minimum Gasteiger partial charge on any atom is -0.373 e. The third kappa shape index (κ3) is 2.79. The smallest absolute Gasteiger partial charge is 0.295 e. The molecule has 0 bridgehead atoms. The first-order valence-corrected chi connectivity index (χ1v) is 5.68. The zero-order chi connectivity index (χ0) is 14.0. The van der Waals surface area contributed by atoms with Crippen LogP contribution < -0.4 is 5.32 Å². The summed E-state index contributed by atoms with van der Waals surface area (Å²) in [7, 11) is 1.64. The molecule has 0 unspecified atom stereocenters. The summed E-state index contributed by atoms with van der Waals surface area (Å²) in [6.07, 6.45) is 0. The molecule has 0 atom stereocenters. The minimum atomic E-state index is -0.576. The molecule has 0 amide bonds. The van der Waals surface area contributed by atoms with Gasteiger partial charge in [0.2, 0.25) is 0 Å². The van der Waals surface area contributed by atoms with Crippen LogP contribution in [0.15, 0.2) is 30.3 Å². The van der Waals surface area contributed by atoms with E-state index in [2.05, 4.69) is 10.3 Å². The Morgan fingerprint density at radius 2 is 2.11 bits per heavy atom. The van der Waals surface area contributed by atoms with Crippen molar-refractivity contribution in [2.45, 2.75) is 0 Å². The molecule has 0 fully saturated rings. The number of aromatic nitrogens is 1. The molecule has 0 aliphatic heterocycles. The lowest BCUT2D eigenvalue weighted by atomic mass is 10.1. The van der Waals surface area contributed by atoms with Crippen molar-refractivity contribution in [2.75, 3.05) is 12.4 Å². The van der Waals surface area contributed by atoms with Crippen molar-refractivity contribution < 1.29 is 9.31 Å². The lowest BCUT2D eigenvalue weighted by Crippen LogP contribution is -1.99. The van der Waals surface area contributed by atoms with Gasteiger partial charge in [0.05, 0.1) is 4.92 Å². The highest BCUT2D eigenvalue weighted by atomic mass is 35.5. The molecule has 0 spiro atoms.